The molecule has 1 saturated heterocycles. The minimum absolute atomic E-state index is 0.0408. The van der Waals surface area contributed by atoms with Gasteiger partial charge in [-0.2, -0.15) is 0 Å². The van der Waals surface area contributed by atoms with Gasteiger partial charge in [0.2, 0.25) is 0 Å². The zero-order valence-electron chi connectivity index (χ0n) is 15.3. The van der Waals surface area contributed by atoms with E-state index in [0.717, 1.165) is 51.5 Å². The van der Waals surface area contributed by atoms with Crippen molar-refractivity contribution in [1.82, 2.24) is 10.2 Å². The number of carbonyl (C=O) groups excluding carboxylic acids is 1. The molecule has 138 valence electrons. The Morgan fingerprint density at radius 2 is 1.92 bits per heavy atom. The number of piperidine rings is 1. The molecule has 0 aromatic rings. The standard InChI is InChI=1S/C18H33N3O3/c1-3-23-17(22)15-9-12-21(13-10-15)18(19-2)20-11-6-14-24-16-7-4-5-8-16/h15-16H,3-14H2,1-2H3,(H,19,20). The average Bonchev–Trinajstić information content (AvgIpc) is 3.12. The number of nitrogens with one attached hydrogen (secondary N) is 1. The summed E-state index contributed by atoms with van der Waals surface area (Å²) in [5.74, 6) is 0.918. The fourth-order valence-electron chi connectivity index (χ4n) is 3.50. The molecule has 0 unspecified atom stereocenters. The van der Waals surface area contributed by atoms with E-state index in [4.69, 9.17) is 9.47 Å². The van der Waals surface area contributed by atoms with Crippen molar-refractivity contribution in [1.29, 1.82) is 0 Å². The Balaban J connectivity index is 1.60. The molecule has 2 rings (SSSR count). The molecule has 1 N–H and O–H groups in total. The minimum Gasteiger partial charge on any atom is -0.466 e. The molecule has 1 saturated carbocycles. The van der Waals surface area contributed by atoms with Crippen LogP contribution in [0.1, 0.15) is 51.9 Å². The molecular weight excluding hydrogens is 306 g/mol. The molecule has 1 heterocycles. The number of carbonyl (C=O) groups is 1. The van der Waals surface area contributed by atoms with E-state index < -0.39 is 0 Å². The first-order valence-corrected chi connectivity index (χ1v) is 9.48. The maximum absolute atomic E-state index is 11.8. The topological polar surface area (TPSA) is 63.2 Å². The minimum atomic E-state index is -0.0517. The number of hydrogen-bond donors (Lipinski definition) is 1. The van der Waals surface area contributed by atoms with Crippen molar-refractivity contribution in [2.24, 2.45) is 10.9 Å². The van der Waals surface area contributed by atoms with Gasteiger partial charge in [-0.25, -0.2) is 0 Å². The van der Waals surface area contributed by atoms with Crippen molar-refractivity contribution in [3.63, 3.8) is 0 Å². The van der Waals surface area contributed by atoms with Crippen LogP contribution in [-0.2, 0) is 14.3 Å². The van der Waals surface area contributed by atoms with E-state index in [0.29, 0.717) is 12.7 Å². The lowest BCUT2D eigenvalue weighted by Crippen LogP contribution is -2.47. The maximum Gasteiger partial charge on any atom is 0.309 e. The second kappa shape index (κ2) is 10.5. The third-order valence-corrected chi connectivity index (χ3v) is 4.89. The number of esters is 1. The molecule has 0 spiro atoms. The van der Waals surface area contributed by atoms with Gasteiger partial charge in [0.15, 0.2) is 5.96 Å². The van der Waals surface area contributed by atoms with Gasteiger partial charge in [0.25, 0.3) is 0 Å². The highest BCUT2D eigenvalue weighted by Gasteiger charge is 2.27. The Labute approximate surface area is 146 Å². The first-order valence-electron chi connectivity index (χ1n) is 9.48. The van der Waals surface area contributed by atoms with Crippen LogP contribution >= 0.6 is 0 Å². The van der Waals surface area contributed by atoms with Gasteiger partial charge in [-0.3, -0.25) is 9.79 Å². The van der Waals surface area contributed by atoms with Crippen LogP contribution < -0.4 is 5.32 Å². The summed E-state index contributed by atoms with van der Waals surface area (Å²) in [7, 11) is 1.81. The Morgan fingerprint density at radius 3 is 2.54 bits per heavy atom. The highest BCUT2D eigenvalue weighted by molar-refractivity contribution is 5.80. The van der Waals surface area contributed by atoms with Crippen LogP contribution in [0, 0.1) is 5.92 Å². The SMILES string of the molecule is CCOC(=O)C1CCN(C(=NC)NCCCOC2CCCC2)CC1. The summed E-state index contributed by atoms with van der Waals surface area (Å²) in [5.41, 5.74) is 0. The second-order valence-electron chi connectivity index (χ2n) is 6.62. The zero-order chi connectivity index (χ0) is 17.2. The molecule has 24 heavy (non-hydrogen) atoms. The van der Waals surface area contributed by atoms with Crippen molar-refractivity contribution >= 4 is 11.9 Å². The van der Waals surface area contributed by atoms with Gasteiger partial charge < -0.3 is 19.7 Å². The number of likely N-dealkylation sites (tertiary alicyclic amines) is 1. The van der Waals surface area contributed by atoms with E-state index in [9.17, 15) is 4.79 Å². The fourth-order valence-corrected chi connectivity index (χ4v) is 3.50. The van der Waals surface area contributed by atoms with E-state index in [1.54, 1.807) is 0 Å². The molecule has 0 radical (unpaired) electrons. The summed E-state index contributed by atoms with van der Waals surface area (Å²) in [6.07, 6.45) is 8.25. The number of ether oxygens (including phenoxy) is 2. The van der Waals surface area contributed by atoms with Crippen molar-refractivity contribution in [3.05, 3.63) is 0 Å². The third kappa shape index (κ3) is 5.96. The van der Waals surface area contributed by atoms with Crippen molar-refractivity contribution in [3.8, 4) is 0 Å². The lowest BCUT2D eigenvalue weighted by atomic mass is 9.97. The molecule has 1 aliphatic heterocycles. The molecule has 0 aromatic heterocycles. The van der Waals surface area contributed by atoms with E-state index in [1.165, 1.54) is 25.7 Å². The molecule has 0 bridgehead atoms. The third-order valence-electron chi connectivity index (χ3n) is 4.89. The number of hydrogen-bond acceptors (Lipinski definition) is 4. The number of aliphatic imine (C=N–C) groups is 1. The van der Waals surface area contributed by atoms with Crippen LogP contribution in [0.15, 0.2) is 4.99 Å². The van der Waals surface area contributed by atoms with Gasteiger partial charge in [-0.1, -0.05) is 12.8 Å². The number of guanidine groups is 1. The van der Waals surface area contributed by atoms with Gasteiger partial charge in [0, 0.05) is 33.3 Å². The first-order chi connectivity index (χ1) is 11.7. The summed E-state index contributed by atoms with van der Waals surface area (Å²) in [4.78, 5) is 18.4. The Hall–Kier alpha value is -1.30. The summed E-state index contributed by atoms with van der Waals surface area (Å²) in [5, 5.41) is 3.41. The normalized spacial score (nSPS) is 20.4. The molecule has 2 fully saturated rings. The molecule has 2 aliphatic rings. The largest absolute Gasteiger partial charge is 0.466 e. The molecule has 0 amide bonds. The predicted octanol–water partition coefficient (Wildman–Crippen LogP) is 2.19. The highest BCUT2D eigenvalue weighted by Crippen LogP contribution is 2.21. The molecule has 0 atom stereocenters. The predicted molar refractivity (Wildman–Crippen MR) is 95.1 cm³/mol. The van der Waals surface area contributed by atoms with Crippen LogP contribution in [-0.4, -0.2) is 62.8 Å². The summed E-state index contributed by atoms with van der Waals surface area (Å²) in [6.45, 7) is 5.71. The van der Waals surface area contributed by atoms with Gasteiger partial charge in [0.1, 0.15) is 0 Å². The highest BCUT2D eigenvalue weighted by atomic mass is 16.5. The van der Waals surface area contributed by atoms with Crippen LogP contribution in [0.3, 0.4) is 0 Å². The summed E-state index contributed by atoms with van der Waals surface area (Å²) in [6, 6.07) is 0. The van der Waals surface area contributed by atoms with E-state index in [1.807, 2.05) is 14.0 Å². The van der Waals surface area contributed by atoms with Gasteiger partial charge in [-0.05, 0) is 39.0 Å². The van der Waals surface area contributed by atoms with E-state index in [-0.39, 0.29) is 11.9 Å². The van der Waals surface area contributed by atoms with E-state index >= 15 is 0 Å². The smallest absolute Gasteiger partial charge is 0.309 e. The zero-order valence-corrected chi connectivity index (χ0v) is 15.3. The van der Waals surface area contributed by atoms with Crippen molar-refractivity contribution < 1.29 is 14.3 Å². The van der Waals surface area contributed by atoms with Crippen LogP contribution in [0.5, 0.6) is 0 Å². The van der Waals surface area contributed by atoms with Gasteiger partial charge in [0.05, 0.1) is 18.6 Å². The quantitative estimate of drug-likeness (QED) is 0.333. The second-order valence-corrected chi connectivity index (χ2v) is 6.62. The van der Waals surface area contributed by atoms with Gasteiger partial charge >= 0.3 is 5.97 Å². The van der Waals surface area contributed by atoms with Crippen LogP contribution in [0.4, 0.5) is 0 Å². The fraction of sp³-hybridized carbons (Fsp3) is 0.889. The summed E-state index contributed by atoms with van der Waals surface area (Å²) >= 11 is 0. The Morgan fingerprint density at radius 1 is 1.21 bits per heavy atom. The Bertz CT molecular complexity index is 400. The lowest BCUT2D eigenvalue weighted by molar-refractivity contribution is -0.149. The molecular formula is C18H33N3O3. The molecule has 6 heteroatoms. The number of nitrogens with zero attached hydrogens (tertiary/aromatic N) is 2. The summed E-state index contributed by atoms with van der Waals surface area (Å²) < 4.78 is 11.0. The van der Waals surface area contributed by atoms with E-state index in [2.05, 4.69) is 15.2 Å². The maximum atomic E-state index is 11.8. The van der Waals surface area contributed by atoms with Gasteiger partial charge in [-0.15, -0.1) is 0 Å². The molecule has 6 nitrogen and oxygen atoms in total. The molecule has 0 aromatic carbocycles. The first kappa shape index (κ1) is 19.0. The Kier molecular flexibility index (Phi) is 8.36. The molecule has 1 aliphatic carbocycles. The van der Waals surface area contributed by atoms with Crippen LogP contribution in [0.25, 0.3) is 0 Å². The lowest BCUT2D eigenvalue weighted by Gasteiger charge is -2.33. The van der Waals surface area contributed by atoms with Crippen molar-refractivity contribution in [2.45, 2.75) is 58.0 Å². The average molecular weight is 339 g/mol. The monoisotopic (exact) mass is 339 g/mol. The van der Waals surface area contributed by atoms with Crippen molar-refractivity contribution in [2.75, 3.05) is 39.9 Å². The number of rotatable bonds is 7. The van der Waals surface area contributed by atoms with Crippen LogP contribution in [0.2, 0.25) is 0 Å².